The first kappa shape index (κ1) is 18.8. The molecular weight excluding hydrogens is 368 g/mol. The zero-order valence-corrected chi connectivity index (χ0v) is 17.8. The minimum atomic E-state index is -0.567. The largest absolute Gasteiger partial charge is 0.257 e. The molecule has 0 amide bonds. The highest BCUT2D eigenvalue weighted by molar-refractivity contribution is 6.01. The molecule has 149 valence electrons. The molecule has 4 aromatic carbocycles. The Bertz CT molecular complexity index is 1300. The van der Waals surface area contributed by atoms with Gasteiger partial charge in [-0.3, -0.25) is 4.99 Å². The van der Waals surface area contributed by atoms with Gasteiger partial charge in [0, 0.05) is 5.56 Å². The van der Waals surface area contributed by atoms with Crippen LogP contribution in [-0.2, 0) is 5.21 Å². The quantitative estimate of drug-likeness (QED) is 0.352. The monoisotopic (exact) mass is 393 g/mol. The van der Waals surface area contributed by atoms with E-state index in [0.717, 1.165) is 21.8 Å². The van der Waals surface area contributed by atoms with Crippen LogP contribution in [0.25, 0.3) is 32.7 Å². The second-order valence-corrected chi connectivity index (χ2v) is 9.19. The molecule has 0 saturated carbocycles. The van der Waals surface area contributed by atoms with Gasteiger partial charge >= 0.3 is 0 Å². The first-order valence-corrected chi connectivity index (χ1v) is 10.4. The molecule has 30 heavy (non-hydrogen) atoms. The van der Waals surface area contributed by atoms with Gasteiger partial charge in [-0.25, -0.2) is 0 Å². The molecule has 4 aromatic rings. The van der Waals surface area contributed by atoms with E-state index in [-0.39, 0.29) is 0 Å². The number of hydrogen-bond donors (Lipinski definition) is 0. The highest BCUT2D eigenvalue weighted by Crippen LogP contribution is 2.38. The van der Waals surface area contributed by atoms with Crippen LogP contribution in [0.1, 0.15) is 33.3 Å². The predicted octanol–water partition coefficient (Wildman–Crippen LogP) is 6.62. The zero-order chi connectivity index (χ0) is 21.1. The van der Waals surface area contributed by atoms with E-state index in [1.54, 1.807) is 0 Å². The van der Waals surface area contributed by atoms with E-state index in [9.17, 15) is 5.21 Å². The van der Waals surface area contributed by atoms with Crippen LogP contribution in [0.2, 0.25) is 0 Å². The molecule has 0 aliphatic carbocycles. The molecule has 1 radical (unpaired) electrons. The van der Waals surface area contributed by atoms with Crippen LogP contribution in [0.3, 0.4) is 0 Å². The number of aliphatic imine (C=N–C) groups is 1. The van der Waals surface area contributed by atoms with Gasteiger partial charge in [0.2, 0.25) is 0 Å². The standard InChI is InChI=1S/C27H25N2O/c1-26(2)27(3,4)29(30)25(28-26)19-11-9-18(10-12-19)22-13-14-23-15-20-7-5-6-8-21(20)16-24(23)17-22/h5-17H,1-4H3. The van der Waals surface area contributed by atoms with Crippen LogP contribution in [0, 0.1) is 0 Å². The molecule has 1 aliphatic heterocycles. The summed E-state index contributed by atoms with van der Waals surface area (Å²) in [6.07, 6.45) is 0. The molecule has 3 heteroatoms. The number of nitrogens with zero attached hydrogens (tertiary/aromatic N) is 2. The van der Waals surface area contributed by atoms with E-state index in [1.807, 2.05) is 39.8 Å². The molecule has 0 aromatic heterocycles. The summed E-state index contributed by atoms with van der Waals surface area (Å²) in [6.45, 7) is 7.92. The third-order valence-corrected chi connectivity index (χ3v) is 6.76. The second kappa shape index (κ2) is 6.41. The lowest BCUT2D eigenvalue weighted by atomic mass is 9.84. The lowest BCUT2D eigenvalue weighted by Gasteiger charge is -2.35. The van der Waals surface area contributed by atoms with Crippen LogP contribution in [0.5, 0.6) is 0 Å². The smallest absolute Gasteiger partial charge is 0.159 e. The fourth-order valence-corrected chi connectivity index (χ4v) is 4.07. The second-order valence-electron chi connectivity index (χ2n) is 9.19. The van der Waals surface area contributed by atoms with Crippen molar-refractivity contribution in [3.05, 3.63) is 84.4 Å². The van der Waals surface area contributed by atoms with Crippen LogP contribution in [0.15, 0.2) is 83.9 Å². The van der Waals surface area contributed by atoms with Crippen molar-refractivity contribution in [3.63, 3.8) is 0 Å². The Morgan fingerprint density at radius 1 is 0.633 bits per heavy atom. The first-order chi connectivity index (χ1) is 14.3. The number of hydrogen-bond acceptors (Lipinski definition) is 2. The topological polar surface area (TPSA) is 35.5 Å². The number of hydroxylamine groups is 2. The molecule has 0 bridgehead atoms. The van der Waals surface area contributed by atoms with Gasteiger partial charge in [0.05, 0.1) is 11.1 Å². The third-order valence-electron chi connectivity index (χ3n) is 6.76. The fourth-order valence-electron chi connectivity index (χ4n) is 4.07. The maximum absolute atomic E-state index is 12.8. The third kappa shape index (κ3) is 2.81. The number of amidine groups is 1. The van der Waals surface area contributed by atoms with E-state index >= 15 is 0 Å². The van der Waals surface area contributed by atoms with Crippen molar-refractivity contribution in [3.8, 4) is 11.1 Å². The molecular formula is C27H25N2O. The van der Waals surface area contributed by atoms with Gasteiger partial charge in [-0.2, -0.15) is 5.06 Å². The molecule has 5 rings (SSSR count). The maximum atomic E-state index is 12.8. The summed E-state index contributed by atoms with van der Waals surface area (Å²) in [5.74, 6) is 0.515. The van der Waals surface area contributed by atoms with Crippen molar-refractivity contribution in [2.45, 2.75) is 38.8 Å². The molecule has 0 fully saturated rings. The number of rotatable bonds is 2. The summed E-state index contributed by atoms with van der Waals surface area (Å²) in [4.78, 5) is 4.73. The molecule has 0 saturated heterocycles. The van der Waals surface area contributed by atoms with Gasteiger partial charge in [0.15, 0.2) is 5.84 Å². The molecule has 0 atom stereocenters. The Morgan fingerprint density at radius 2 is 1.17 bits per heavy atom. The van der Waals surface area contributed by atoms with Gasteiger partial charge in [0.25, 0.3) is 0 Å². The van der Waals surface area contributed by atoms with E-state index in [4.69, 9.17) is 4.99 Å². The minimum Gasteiger partial charge on any atom is -0.257 e. The average molecular weight is 394 g/mol. The summed E-state index contributed by atoms with van der Waals surface area (Å²) in [5.41, 5.74) is 2.16. The molecule has 3 nitrogen and oxygen atoms in total. The van der Waals surface area contributed by atoms with Crippen molar-refractivity contribution < 1.29 is 5.21 Å². The molecule has 0 unspecified atom stereocenters. The van der Waals surface area contributed by atoms with Gasteiger partial charge in [0.1, 0.15) is 0 Å². The molecule has 1 heterocycles. The van der Waals surface area contributed by atoms with Crippen molar-refractivity contribution in [1.29, 1.82) is 0 Å². The van der Waals surface area contributed by atoms with Crippen molar-refractivity contribution in [2.75, 3.05) is 0 Å². The Balaban J connectivity index is 1.51. The van der Waals surface area contributed by atoms with Crippen molar-refractivity contribution in [1.82, 2.24) is 5.06 Å². The highest BCUT2D eigenvalue weighted by Gasteiger charge is 2.50. The van der Waals surface area contributed by atoms with Crippen molar-refractivity contribution >= 4 is 27.4 Å². The normalized spacial score (nSPS) is 17.5. The van der Waals surface area contributed by atoms with Gasteiger partial charge < -0.3 is 0 Å². The lowest BCUT2D eigenvalue weighted by molar-refractivity contribution is -0.158. The average Bonchev–Trinajstić information content (AvgIpc) is 2.91. The minimum absolute atomic E-state index is 0.427. The zero-order valence-electron chi connectivity index (χ0n) is 17.8. The summed E-state index contributed by atoms with van der Waals surface area (Å²) in [7, 11) is 0. The Labute approximate surface area is 177 Å². The summed E-state index contributed by atoms with van der Waals surface area (Å²) in [5, 5.41) is 18.9. The van der Waals surface area contributed by atoms with Crippen LogP contribution in [-0.4, -0.2) is 22.0 Å². The van der Waals surface area contributed by atoms with E-state index in [0.29, 0.717) is 5.84 Å². The summed E-state index contributed by atoms with van der Waals surface area (Å²) >= 11 is 0. The van der Waals surface area contributed by atoms with Crippen LogP contribution >= 0.6 is 0 Å². The van der Waals surface area contributed by atoms with Gasteiger partial charge in [-0.15, -0.1) is 0 Å². The van der Waals surface area contributed by atoms with Gasteiger partial charge in [-0.1, -0.05) is 65.9 Å². The Morgan fingerprint density at radius 3 is 1.77 bits per heavy atom. The molecule has 1 aliphatic rings. The van der Waals surface area contributed by atoms with Gasteiger partial charge in [-0.05, 0) is 78.6 Å². The van der Waals surface area contributed by atoms with E-state index in [1.165, 1.54) is 21.5 Å². The maximum Gasteiger partial charge on any atom is 0.159 e. The Hall–Kier alpha value is -3.17. The molecule has 0 N–H and O–H groups in total. The summed E-state index contributed by atoms with van der Waals surface area (Å²) < 4.78 is 0. The predicted molar refractivity (Wildman–Crippen MR) is 124 cm³/mol. The first-order valence-electron chi connectivity index (χ1n) is 10.4. The number of benzene rings is 4. The van der Waals surface area contributed by atoms with E-state index < -0.39 is 11.1 Å². The highest BCUT2D eigenvalue weighted by atomic mass is 16.5. The van der Waals surface area contributed by atoms with Crippen LogP contribution in [0.4, 0.5) is 0 Å². The molecule has 0 spiro atoms. The lowest BCUT2D eigenvalue weighted by Crippen LogP contribution is -2.50. The summed E-state index contributed by atoms with van der Waals surface area (Å²) in [6, 6.07) is 27.6. The van der Waals surface area contributed by atoms with E-state index in [2.05, 4.69) is 66.7 Å². The Kier molecular flexibility index (Phi) is 4.03. The number of fused-ring (bicyclic) bond motifs is 2. The van der Waals surface area contributed by atoms with Crippen molar-refractivity contribution in [2.24, 2.45) is 4.99 Å². The SMILES string of the molecule is CC1(C)N=C(c2ccc(-c3ccc4cc5ccccc5cc4c3)cc2)N([O])C1(C)C. The fraction of sp³-hybridized carbons (Fsp3) is 0.222. The van der Waals surface area contributed by atoms with Crippen LogP contribution < -0.4 is 0 Å².